The maximum atomic E-state index is 10.9. The first-order valence-corrected chi connectivity index (χ1v) is 4.85. The van der Waals surface area contributed by atoms with Crippen LogP contribution in [0.4, 0.5) is 0 Å². The summed E-state index contributed by atoms with van der Waals surface area (Å²) in [5.41, 5.74) is 0. The molecule has 0 aliphatic heterocycles. The average Bonchev–Trinajstić information content (AvgIpc) is 2.02. The van der Waals surface area contributed by atoms with Gasteiger partial charge in [0.05, 0.1) is 11.8 Å². The number of carbonyl (C=O) groups is 2. The minimum absolute atomic E-state index is 0.199. The molecule has 0 spiro atoms. The zero-order chi connectivity index (χ0) is 11.3. The molecule has 0 aliphatic carbocycles. The van der Waals surface area contributed by atoms with Crippen molar-refractivity contribution < 1.29 is 19.8 Å². The fourth-order valence-electron chi connectivity index (χ4n) is 1.58. The second-order valence-electron chi connectivity index (χ2n) is 3.93. The lowest BCUT2D eigenvalue weighted by Gasteiger charge is -2.20. The maximum absolute atomic E-state index is 10.9. The number of hydrogen-bond donors (Lipinski definition) is 2. The first kappa shape index (κ1) is 12.9. The molecule has 0 fully saturated rings. The van der Waals surface area contributed by atoms with Gasteiger partial charge in [-0.25, -0.2) is 0 Å². The summed E-state index contributed by atoms with van der Waals surface area (Å²) in [4.78, 5) is 21.7. The topological polar surface area (TPSA) is 74.6 Å². The summed E-state index contributed by atoms with van der Waals surface area (Å²) in [5.74, 6) is -3.36. The molecule has 0 saturated heterocycles. The molecule has 0 aromatic heterocycles. The highest BCUT2D eigenvalue weighted by atomic mass is 16.4. The standard InChI is InChI=1S/C10H18O4/c1-4-7(9(11)12)8(10(13)14)5-6(2)3/h6-8H,4-5H2,1-3H3,(H,11,12)(H,13,14). The molecule has 2 unspecified atom stereocenters. The molecule has 0 saturated carbocycles. The summed E-state index contributed by atoms with van der Waals surface area (Å²) in [6.07, 6.45) is 0.777. The van der Waals surface area contributed by atoms with Gasteiger partial charge in [0.15, 0.2) is 0 Å². The molecule has 4 heteroatoms. The normalized spacial score (nSPS) is 15.1. The summed E-state index contributed by atoms with van der Waals surface area (Å²) in [6.45, 7) is 5.49. The highest BCUT2D eigenvalue weighted by Crippen LogP contribution is 2.23. The number of carboxylic acids is 2. The average molecular weight is 202 g/mol. The first-order valence-electron chi connectivity index (χ1n) is 4.85. The molecule has 2 N–H and O–H groups in total. The monoisotopic (exact) mass is 202 g/mol. The summed E-state index contributed by atoms with van der Waals surface area (Å²) in [7, 11) is 0. The molecule has 0 bridgehead atoms. The summed E-state index contributed by atoms with van der Waals surface area (Å²) in [5, 5.41) is 17.8. The molecule has 0 rings (SSSR count). The highest BCUT2D eigenvalue weighted by Gasteiger charge is 2.32. The molecule has 4 nitrogen and oxygen atoms in total. The van der Waals surface area contributed by atoms with Crippen LogP contribution < -0.4 is 0 Å². The van der Waals surface area contributed by atoms with E-state index in [1.54, 1.807) is 6.92 Å². The van der Waals surface area contributed by atoms with Crippen LogP contribution in [0.2, 0.25) is 0 Å². The maximum Gasteiger partial charge on any atom is 0.307 e. The predicted molar refractivity (Wildman–Crippen MR) is 52.0 cm³/mol. The Bertz CT molecular complexity index is 210. The van der Waals surface area contributed by atoms with Crippen LogP contribution in [0.15, 0.2) is 0 Å². The third-order valence-corrected chi connectivity index (χ3v) is 2.29. The van der Waals surface area contributed by atoms with E-state index < -0.39 is 23.8 Å². The molecule has 2 atom stereocenters. The van der Waals surface area contributed by atoms with Gasteiger partial charge in [0.2, 0.25) is 0 Å². The van der Waals surface area contributed by atoms with Gasteiger partial charge in [0.25, 0.3) is 0 Å². The molecule has 82 valence electrons. The molecule has 0 aliphatic rings. The van der Waals surface area contributed by atoms with Gasteiger partial charge in [-0.3, -0.25) is 9.59 Å². The van der Waals surface area contributed by atoms with E-state index in [1.807, 2.05) is 13.8 Å². The van der Waals surface area contributed by atoms with Gasteiger partial charge >= 0.3 is 11.9 Å². The van der Waals surface area contributed by atoms with Crippen molar-refractivity contribution in [2.45, 2.75) is 33.6 Å². The third kappa shape index (κ3) is 3.77. The SMILES string of the molecule is CCC(C(=O)O)C(CC(C)C)C(=O)O. The minimum atomic E-state index is -1.01. The molecule has 0 radical (unpaired) electrons. The van der Waals surface area contributed by atoms with Gasteiger partial charge in [-0.15, -0.1) is 0 Å². The van der Waals surface area contributed by atoms with Gasteiger partial charge in [0.1, 0.15) is 0 Å². The minimum Gasteiger partial charge on any atom is -0.481 e. The van der Waals surface area contributed by atoms with Crippen molar-refractivity contribution in [2.24, 2.45) is 17.8 Å². The number of hydrogen-bond acceptors (Lipinski definition) is 2. The Balaban J connectivity index is 4.60. The van der Waals surface area contributed by atoms with Crippen molar-refractivity contribution >= 4 is 11.9 Å². The second-order valence-corrected chi connectivity index (χ2v) is 3.93. The van der Waals surface area contributed by atoms with Crippen LogP contribution in [-0.4, -0.2) is 22.2 Å². The molecule has 0 heterocycles. The van der Waals surface area contributed by atoms with Crippen molar-refractivity contribution in [1.82, 2.24) is 0 Å². The number of rotatable bonds is 6. The zero-order valence-corrected chi connectivity index (χ0v) is 8.86. The largest absolute Gasteiger partial charge is 0.481 e. The molecule has 14 heavy (non-hydrogen) atoms. The Morgan fingerprint density at radius 2 is 1.50 bits per heavy atom. The first-order chi connectivity index (χ1) is 6.40. The van der Waals surface area contributed by atoms with E-state index in [0.29, 0.717) is 12.8 Å². The van der Waals surface area contributed by atoms with Gasteiger partial charge < -0.3 is 10.2 Å². The van der Waals surface area contributed by atoms with E-state index in [1.165, 1.54) is 0 Å². The van der Waals surface area contributed by atoms with E-state index in [2.05, 4.69) is 0 Å². The Kier molecular flexibility index (Phi) is 5.20. The van der Waals surface area contributed by atoms with Crippen LogP contribution in [0, 0.1) is 17.8 Å². The lowest BCUT2D eigenvalue weighted by atomic mass is 9.84. The molecule has 0 aromatic carbocycles. The number of aliphatic carboxylic acids is 2. The van der Waals surface area contributed by atoms with Gasteiger partial charge in [-0.05, 0) is 18.8 Å². The summed E-state index contributed by atoms with van der Waals surface area (Å²) < 4.78 is 0. The van der Waals surface area contributed by atoms with Crippen molar-refractivity contribution in [3.63, 3.8) is 0 Å². The van der Waals surface area contributed by atoms with E-state index in [-0.39, 0.29) is 5.92 Å². The van der Waals surface area contributed by atoms with Crippen molar-refractivity contribution in [3.8, 4) is 0 Å². The Hall–Kier alpha value is -1.06. The van der Waals surface area contributed by atoms with E-state index in [0.717, 1.165) is 0 Å². The van der Waals surface area contributed by atoms with Gasteiger partial charge in [-0.2, -0.15) is 0 Å². The van der Waals surface area contributed by atoms with E-state index in [9.17, 15) is 9.59 Å². The quantitative estimate of drug-likeness (QED) is 0.689. The molecule has 0 amide bonds. The number of carboxylic acid groups (broad SMARTS) is 2. The van der Waals surface area contributed by atoms with Gasteiger partial charge in [-0.1, -0.05) is 20.8 Å². The van der Waals surface area contributed by atoms with Crippen molar-refractivity contribution in [3.05, 3.63) is 0 Å². The summed E-state index contributed by atoms with van der Waals surface area (Å²) >= 11 is 0. The lowest BCUT2D eigenvalue weighted by Crippen LogP contribution is -2.30. The Labute approximate surface area is 83.9 Å². The van der Waals surface area contributed by atoms with Gasteiger partial charge in [0, 0.05) is 0 Å². The molecular formula is C10H18O4. The van der Waals surface area contributed by atoms with Crippen LogP contribution in [0.25, 0.3) is 0 Å². The zero-order valence-electron chi connectivity index (χ0n) is 8.86. The Morgan fingerprint density at radius 3 is 1.71 bits per heavy atom. The predicted octanol–water partition coefficient (Wildman–Crippen LogP) is 1.84. The fraction of sp³-hybridized carbons (Fsp3) is 0.800. The summed E-state index contributed by atoms with van der Waals surface area (Å²) in [6, 6.07) is 0. The van der Waals surface area contributed by atoms with E-state index in [4.69, 9.17) is 10.2 Å². The van der Waals surface area contributed by atoms with E-state index >= 15 is 0 Å². The van der Waals surface area contributed by atoms with Crippen LogP contribution in [0.1, 0.15) is 33.6 Å². The fourth-order valence-corrected chi connectivity index (χ4v) is 1.58. The lowest BCUT2D eigenvalue weighted by molar-refractivity contribution is -0.154. The van der Waals surface area contributed by atoms with Crippen LogP contribution in [0.3, 0.4) is 0 Å². The molecule has 0 aromatic rings. The highest BCUT2D eigenvalue weighted by molar-refractivity contribution is 5.79. The molecular weight excluding hydrogens is 184 g/mol. The third-order valence-electron chi connectivity index (χ3n) is 2.29. The van der Waals surface area contributed by atoms with Crippen molar-refractivity contribution in [2.75, 3.05) is 0 Å². The second kappa shape index (κ2) is 5.62. The Morgan fingerprint density at radius 1 is 1.07 bits per heavy atom. The smallest absolute Gasteiger partial charge is 0.307 e. The van der Waals surface area contributed by atoms with Crippen molar-refractivity contribution in [1.29, 1.82) is 0 Å². The van der Waals surface area contributed by atoms with Crippen LogP contribution in [0.5, 0.6) is 0 Å². The van der Waals surface area contributed by atoms with Crippen LogP contribution >= 0.6 is 0 Å². The van der Waals surface area contributed by atoms with Crippen LogP contribution in [-0.2, 0) is 9.59 Å².